The molecule has 0 spiro atoms. The molecule has 4 aromatic carbocycles. The van der Waals surface area contributed by atoms with Crippen LogP contribution in [0.1, 0.15) is 22.3 Å². The lowest BCUT2D eigenvalue weighted by atomic mass is 9.89. The van der Waals surface area contributed by atoms with Crippen LogP contribution >= 0.6 is 0 Å². The molecule has 6 heteroatoms. The summed E-state index contributed by atoms with van der Waals surface area (Å²) in [5.41, 5.74) is 2.96. The minimum atomic E-state index is -3.75. The zero-order valence-electron chi connectivity index (χ0n) is 18.3. The normalized spacial score (nSPS) is 11.5. The van der Waals surface area contributed by atoms with E-state index in [1.54, 1.807) is 60.7 Å². The first-order chi connectivity index (χ1) is 15.8. The monoisotopic (exact) mass is 462 g/mol. The first kappa shape index (κ1) is 22.7. The van der Waals surface area contributed by atoms with E-state index in [0.29, 0.717) is 10.9 Å². The van der Waals surface area contributed by atoms with Gasteiger partial charge in [0.1, 0.15) is 5.82 Å². The average Bonchev–Trinajstić information content (AvgIpc) is 2.82. The molecule has 4 rings (SSSR count). The second-order valence-electron chi connectivity index (χ2n) is 7.86. The van der Waals surface area contributed by atoms with E-state index in [9.17, 15) is 17.6 Å². The van der Waals surface area contributed by atoms with Gasteiger partial charge in [-0.3, -0.25) is 4.79 Å². The number of fused-ring (bicyclic) bond motifs is 1. The molecule has 0 bridgehead atoms. The predicted molar refractivity (Wildman–Crippen MR) is 126 cm³/mol. The Kier molecular flexibility index (Phi) is 6.29. The van der Waals surface area contributed by atoms with Crippen molar-refractivity contribution in [1.82, 2.24) is 0 Å². The van der Waals surface area contributed by atoms with Crippen LogP contribution in [0.25, 0.3) is 10.8 Å². The molecule has 4 aromatic rings. The molecule has 0 atom stereocenters. The number of carbonyl (C=O) groups is 1. The van der Waals surface area contributed by atoms with Crippen molar-refractivity contribution in [3.05, 3.63) is 107 Å². The number of halogens is 1. The number of rotatable bonds is 6. The van der Waals surface area contributed by atoms with Gasteiger partial charge in [-0.25, -0.2) is 12.8 Å². The van der Waals surface area contributed by atoms with Crippen molar-refractivity contribution in [2.45, 2.75) is 29.6 Å². The topological polar surface area (TPSA) is 60.4 Å². The molecule has 0 saturated heterocycles. The SMILES string of the molecule is COC(=O)Cc1cc2ccc(F)cc2c(Cc2ccccc2S(=O)(=O)c2ccccc2)c1C. The van der Waals surface area contributed by atoms with E-state index in [4.69, 9.17) is 4.74 Å². The Hall–Kier alpha value is -3.51. The maximum atomic E-state index is 14.2. The van der Waals surface area contributed by atoms with Crippen molar-refractivity contribution in [2.75, 3.05) is 7.11 Å². The summed E-state index contributed by atoms with van der Waals surface area (Å²) >= 11 is 0. The Morgan fingerprint density at radius 1 is 0.909 bits per heavy atom. The van der Waals surface area contributed by atoms with Gasteiger partial charge in [-0.1, -0.05) is 48.5 Å². The van der Waals surface area contributed by atoms with Crippen molar-refractivity contribution in [3.8, 4) is 0 Å². The maximum Gasteiger partial charge on any atom is 0.309 e. The number of carbonyl (C=O) groups excluding carboxylic acids is 1. The molecular formula is C27H23FO4S. The van der Waals surface area contributed by atoms with Crippen LogP contribution in [0.15, 0.2) is 88.7 Å². The van der Waals surface area contributed by atoms with Crippen LogP contribution in [0.4, 0.5) is 4.39 Å². The lowest BCUT2D eigenvalue weighted by molar-refractivity contribution is -0.139. The molecule has 33 heavy (non-hydrogen) atoms. The molecule has 0 aromatic heterocycles. The van der Waals surface area contributed by atoms with Gasteiger partial charge in [-0.15, -0.1) is 0 Å². The summed E-state index contributed by atoms with van der Waals surface area (Å²) in [6.45, 7) is 1.87. The summed E-state index contributed by atoms with van der Waals surface area (Å²) in [5, 5.41) is 1.47. The molecule has 0 saturated carbocycles. The molecule has 0 aliphatic rings. The molecule has 4 nitrogen and oxygen atoms in total. The Morgan fingerprint density at radius 2 is 1.61 bits per heavy atom. The quantitative estimate of drug-likeness (QED) is 0.359. The molecule has 0 fully saturated rings. The van der Waals surface area contributed by atoms with Gasteiger partial charge in [-0.2, -0.15) is 0 Å². The van der Waals surface area contributed by atoms with E-state index in [1.807, 2.05) is 13.0 Å². The second kappa shape index (κ2) is 9.16. The van der Waals surface area contributed by atoms with Crippen LogP contribution in [0.3, 0.4) is 0 Å². The lowest BCUT2D eigenvalue weighted by Crippen LogP contribution is -2.09. The third-order valence-electron chi connectivity index (χ3n) is 5.85. The fraction of sp³-hybridized carbons (Fsp3) is 0.148. The summed E-state index contributed by atoms with van der Waals surface area (Å²) in [7, 11) is -2.41. The Morgan fingerprint density at radius 3 is 2.33 bits per heavy atom. The number of ether oxygens (including phenoxy) is 1. The van der Waals surface area contributed by atoms with Crippen molar-refractivity contribution < 1.29 is 22.3 Å². The van der Waals surface area contributed by atoms with Crippen LogP contribution in [0.2, 0.25) is 0 Å². The van der Waals surface area contributed by atoms with E-state index in [0.717, 1.165) is 22.1 Å². The van der Waals surface area contributed by atoms with Crippen molar-refractivity contribution in [2.24, 2.45) is 0 Å². The minimum Gasteiger partial charge on any atom is -0.469 e. The molecule has 0 unspecified atom stereocenters. The predicted octanol–water partition coefficient (Wildman–Crippen LogP) is 5.43. The summed E-state index contributed by atoms with van der Waals surface area (Å²) in [6.07, 6.45) is 0.343. The Labute approximate surface area is 192 Å². The Balaban J connectivity index is 1.89. The summed E-state index contributed by atoms with van der Waals surface area (Å²) in [4.78, 5) is 12.4. The highest BCUT2D eigenvalue weighted by Gasteiger charge is 2.22. The molecule has 0 radical (unpaired) electrons. The van der Waals surface area contributed by atoms with E-state index in [1.165, 1.54) is 19.2 Å². The first-order valence-corrected chi connectivity index (χ1v) is 11.9. The van der Waals surface area contributed by atoms with Gasteiger partial charge in [0, 0.05) is 0 Å². The molecule has 0 aliphatic heterocycles. The molecule has 0 aliphatic carbocycles. The van der Waals surface area contributed by atoms with E-state index >= 15 is 0 Å². The largest absolute Gasteiger partial charge is 0.469 e. The summed E-state index contributed by atoms with van der Waals surface area (Å²) in [6, 6.07) is 21.5. The van der Waals surface area contributed by atoms with Crippen molar-refractivity contribution in [3.63, 3.8) is 0 Å². The number of sulfone groups is 1. The van der Waals surface area contributed by atoms with Crippen LogP contribution in [0, 0.1) is 12.7 Å². The van der Waals surface area contributed by atoms with E-state index in [2.05, 4.69) is 0 Å². The van der Waals surface area contributed by atoms with E-state index < -0.39 is 9.84 Å². The van der Waals surface area contributed by atoms with Gasteiger partial charge >= 0.3 is 5.97 Å². The zero-order valence-corrected chi connectivity index (χ0v) is 19.2. The highest BCUT2D eigenvalue weighted by atomic mass is 32.2. The highest BCUT2D eigenvalue weighted by molar-refractivity contribution is 7.91. The van der Waals surface area contributed by atoms with Crippen LogP contribution in [-0.2, 0) is 32.2 Å². The smallest absolute Gasteiger partial charge is 0.309 e. The fourth-order valence-electron chi connectivity index (χ4n) is 4.08. The molecule has 0 amide bonds. The number of hydrogen-bond acceptors (Lipinski definition) is 4. The lowest BCUT2D eigenvalue weighted by Gasteiger charge is -2.17. The maximum absolute atomic E-state index is 14.2. The third-order valence-corrected chi connectivity index (χ3v) is 7.72. The van der Waals surface area contributed by atoms with Crippen LogP contribution in [0.5, 0.6) is 0 Å². The highest BCUT2D eigenvalue weighted by Crippen LogP contribution is 2.32. The Bertz CT molecular complexity index is 1440. The number of hydrogen-bond donors (Lipinski definition) is 0. The summed E-state index contributed by atoms with van der Waals surface area (Å²) in [5.74, 6) is -0.758. The standard InChI is InChI=1S/C27H23FO4S/c1-18-21(16-27(29)32-2)14-19-12-13-22(28)17-25(19)24(18)15-20-8-6-7-11-26(20)33(30,31)23-9-4-3-5-10-23/h3-14,17H,15-16H2,1-2H3. The number of benzene rings is 4. The molecule has 0 heterocycles. The number of methoxy groups -OCH3 is 1. The zero-order chi connectivity index (χ0) is 23.6. The van der Waals surface area contributed by atoms with Gasteiger partial charge in [-0.05, 0) is 76.7 Å². The molecule has 168 valence electrons. The van der Waals surface area contributed by atoms with Gasteiger partial charge < -0.3 is 4.74 Å². The van der Waals surface area contributed by atoms with Gasteiger partial charge in [0.05, 0.1) is 23.3 Å². The van der Waals surface area contributed by atoms with Crippen molar-refractivity contribution >= 4 is 26.6 Å². The van der Waals surface area contributed by atoms with Crippen LogP contribution < -0.4 is 0 Å². The van der Waals surface area contributed by atoms with Gasteiger partial charge in [0.25, 0.3) is 0 Å². The number of esters is 1. The average molecular weight is 463 g/mol. The summed E-state index contributed by atoms with van der Waals surface area (Å²) < 4.78 is 45.8. The van der Waals surface area contributed by atoms with Crippen LogP contribution in [-0.4, -0.2) is 21.5 Å². The van der Waals surface area contributed by atoms with E-state index in [-0.39, 0.29) is 34.4 Å². The minimum absolute atomic E-state index is 0.0760. The third kappa shape index (κ3) is 4.52. The van der Waals surface area contributed by atoms with Crippen molar-refractivity contribution in [1.29, 1.82) is 0 Å². The molecular weight excluding hydrogens is 439 g/mol. The van der Waals surface area contributed by atoms with Gasteiger partial charge in [0.15, 0.2) is 0 Å². The first-order valence-electron chi connectivity index (χ1n) is 10.5. The fourth-order valence-corrected chi connectivity index (χ4v) is 5.59. The molecule has 0 N–H and O–H groups in total. The van der Waals surface area contributed by atoms with Gasteiger partial charge in [0.2, 0.25) is 9.84 Å². The second-order valence-corrected chi connectivity index (χ2v) is 9.78.